The van der Waals surface area contributed by atoms with Gasteiger partial charge in [-0.3, -0.25) is 14.6 Å². The summed E-state index contributed by atoms with van der Waals surface area (Å²) >= 11 is 0. The average Bonchev–Trinajstić information content (AvgIpc) is 3.34. The lowest BCUT2D eigenvalue weighted by Crippen LogP contribution is -2.15. The number of aromatic amines is 1. The molecule has 8 nitrogen and oxygen atoms in total. The van der Waals surface area contributed by atoms with Crippen LogP contribution in [0.3, 0.4) is 0 Å². The first-order chi connectivity index (χ1) is 14.3. The number of rotatable bonds is 5. The molecule has 0 saturated carbocycles. The standard InChI is InChI=1S/C21H20N4O4S/c1-12(2)20-15-9-17(25-30(27,28)19-7-5-4-6-18(19)29-3)14(13-10-22-23-11-13)8-16(15)24-21(20)26/h4-11,25H,1-3H3,(H,22,23)(H,24,26). The van der Waals surface area contributed by atoms with Crippen molar-refractivity contribution >= 4 is 32.9 Å². The molecule has 0 aliphatic carbocycles. The lowest BCUT2D eigenvalue weighted by molar-refractivity contribution is -0.110. The number of aromatic nitrogens is 2. The Morgan fingerprint density at radius 3 is 2.57 bits per heavy atom. The second kappa shape index (κ2) is 7.34. The molecular formula is C21H20N4O4S. The minimum atomic E-state index is -3.97. The number of amides is 1. The van der Waals surface area contributed by atoms with Crippen LogP contribution in [0.1, 0.15) is 19.4 Å². The molecule has 30 heavy (non-hydrogen) atoms. The Kier molecular flexibility index (Phi) is 4.83. The van der Waals surface area contributed by atoms with E-state index in [0.29, 0.717) is 33.6 Å². The molecule has 0 radical (unpaired) electrons. The second-order valence-corrected chi connectivity index (χ2v) is 8.67. The van der Waals surface area contributed by atoms with Crippen molar-refractivity contribution in [3.8, 4) is 16.9 Å². The fourth-order valence-corrected chi connectivity index (χ4v) is 4.72. The van der Waals surface area contributed by atoms with Gasteiger partial charge >= 0.3 is 0 Å². The minimum Gasteiger partial charge on any atom is -0.495 e. The number of nitrogens with one attached hydrogen (secondary N) is 3. The summed E-state index contributed by atoms with van der Waals surface area (Å²) in [4.78, 5) is 12.4. The van der Waals surface area contributed by atoms with Gasteiger partial charge in [-0.1, -0.05) is 17.7 Å². The highest BCUT2D eigenvalue weighted by Gasteiger charge is 2.29. The molecule has 3 aromatic rings. The number of para-hydroxylation sites is 1. The SMILES string of the molecule is COc1ccccc1S(=O)(=O)Nc1cc2c(cc1-c1cn[nH]c1)NC(=O)C2=C(C)C. The molecule has 4 rings (SSSR count). The number of methoxy groups -OCH3 is 1. The summed E-state index contributed by atoms with van der Waals surface area (Å²) in [5, 5.41) is 9.53. The number of benzene rings is 2. The fourth-order valence-electron chi connectivity index (χ4n) is 3.48. The first-order valence-corrected chi connectivity index (χ1v) is 10.6. The van der Waals surface area contributed by atoms with Crippen molar-refractivity contribution in [3.63, 3.8) is 0 Å². The number of sulfonamides is 1. The Hall–Kier alpha value is -3.59. The number of anilines is 2. The summed E-state index contributed by atoms with van der Waals surface area (Å²) in [6.45, 7) is 3.68. The van der Waals surface area contributed by atoms with Gasteiger partial charge in [-0.25, -0.2) is 8.42 Å². The maximum absolute atomic E-state index is 13.2. The number of H-pyrrole nitrogens is 1. The Balaban J connectivity index is 1.89. The largest absolute Gasteiger partial charge is 0.495 e. The van der Waals surface area contributed by atoms with Crippen LogP contribution in [0.2, 0.25) is 0 Å². The molecule has 1 aromatic heterocycles. The molecule has 2 aromatic carbocycles. The zero-order valence-electron chi connectivity index (χ0n) is 16.6. The van der Waals surface area contributed by atoms with Crippen LogP contribution >= 0.6 is 0 Å². The molecule has 0 saturated heterocycles. The Morgan fingerprint density at radius 1 is 1.13 bits per heavy atom. The lowest BCUT2D eigenvalue weighted by Gasteiger charge is -2.15. The third-order valence-electron chi connectivity index (χ3n) is 4.81. The molecule has 0 fully saturated rings. The van der Waals surface area contributed by atoms with Crippen molar-refractivity contribution in [2.24, 2.45) is 0 Å². The van der Waals surface area contributed by atoms with Gasteiger partial charge in [0.1, 0.15) is 10.6 Å². The van der Waals surface area contributed by atoms with Gasteiger partial charge in [0, 0.05) is 34.1 Å². The molecule has 0 unspecified atom stereocenters. The number of hydrogen-bond donors (Lipinski definition) is 3. The molecule has 154 valence electrons. The summed E-state index contributed by atoms with van der Waals surface area (Å²) < 4.78 is 34.2. The third-order valence-corrected chi connectivity index (χ3v) is 6.22. The second-order valence-electron chi connectivity index (χ2n) is 7.02. The Morgan fingerprint density at radius 2 is 1.90 bits per heavy atom. The molecule has 0 atom stereocenters. The highest BCUT2D eigenvalue weighted by atomic mass is 32.2. The van der Waals surface area contributed by atoms with Gasteiger partial charge in [0.15, 0.2) is 0 Å². The predicted molar refractivity (Wildman–Crippen MR) is 115 cm³/mol. The van der Waals surface area contributed by atoms with Gasteiger partial charge < -0.3 is 10.1 Å². The van der Waals surface area contributed by atoms with Gasteiger partial charge in [0.05, 0.1) is 19.0 Å². The van der Waals surface area contributed by atoms with E-state index in [2.05, 4.69) is 20.2 Å². The van der Waals surface area contributed by atoms with E-state index >= 15 is 0 Å². The van der Waals surface area contributed by atoms with Crippen LogP contribution in [0.25, 0.3) is 16.7 Å². The van der Waals surface area contributed by atoms with E-state index in [1.807, 2.05) is 13.8 Å². The van der Waals surface area contributed by atoms with Gasteiger partial charge in [0.2, 0.25) is 0 Å². The fraction of sp³-hybridized carbons (Fsp3) is 0.143. The number of fused-ring (bicyclic) bond motifs is 1. The van der Waals surface area contributed by atoms with E-state index in [-0.39, 0.29) is 16.6 Å². The number of carbonyl (C=O) groups excluding carboxylic acids is 1. The van der Waals surface area contributed by atoms with Crippen LogP contribution in [0.15, 0.2) is 59.3 Å². The smallest absolute Gasteiger partial charge is 0.265 e. The van der Waals surface area contributed by atoms with Crippen molar-refractivity contribution < 1.29 is 17.9 Å². The molecule has 0 bridgehead atoms. The Labute approximate surface area is 174 Å². The number of ether oxygens (including phenoxy) is 1. The number of allylic oxidation sites excluding steroid dienone is 1. The molecular weight excluding hydrogens is 404 g/mol. The molecule has 1 aliphatic rings. The van der Waals surface area contributed by atoms with Gasteiger partial charge in [0.25, 0.3) is 15.9 Å². The molecule has 0 spiro atoms. The summed E-state index contributed by atoms with van der Waals surface area (Å²) in [6, 6.07) is 9.79. The monoisotopic (exact) mass is 424 g/mol. The third kappa shape index (κ3) is 3.33. The first-order valence-electron chi connectivity index (χ1n) is 9.14. The zero-order chi connectivity index (χ0) is 21.5. The van der Waals surface area contributed by atoms with Crippen LogP contribution in [-0.2, 0) is 14.8 Å². The predicted octanol–water partition coefficient (Wildman–Crippen LogP) is 3.63. The normalized spacial score (nSPS) is 13.0. The van der Waals surface area contributed by atoms with Crippen molar-refractivity contribution in [2.75, 3.05) is 17.1 Å². The van der Waals surface area contributed by atoms with E-state index in [1.54, 1.807) is 42.7 Å². The summed E-state index contributed by atoms with van der Waals surface area (Å²) in [5.74, 6) is 0.0192. The topological polar surface area (TPSA) is 113 Å². The number of carbonyl (C=O) groups is 1. The van der Waals surface area contributed by atoms with Crippen LogP contribution < -0.4 is 14.8 Å². The quantitative estimate of drug-likeness (QED) is 0.541. The lowest BCUT2D eigenvalue weighted by atomic mass is 9.98. The van der Waals surface area contributed by atoms with Crippen molar-refractivity contribution in [3.05, 3.63) is 59.9 Å². The van der Waals surface area contributed by atoms with Crippen LogP contribution in [-0.4, -0.2) is 31.6 Å². The summed E-state index contributed by atoms with van der Waals surface area (Å²) in [5.41, 5.74) is 4.21. The van der Waals surface area contributed by atoms with E-state index in [1.165, 1.54) is 13.2 Å². The van der Waals surface area contributed by atoms with Gasteiger partial charge in [-0.05, 0) is 38.1 Å². The maximum atomic E-state index is 13.2. The van der Waals surface area contributed by atoms with Gasteiger partial charge in [-0.15, -0.1) is 0 Å². The molecule has 1 aliphatic heterocycles. The van der Waals surface area contributed by atoms with E-state index in [4.69, 9.17) is 4.74 Å². The van der Waals surface area contributed by atoms with Gasteiger partial charge in [-0.2, -0.15) is 5.10 Å². The van der Waals surface area contributed by atoms with Crippen molar-refractivity contribution in [1.82, 2.24) is 10.2 Å². The summed E-state index contributed by atoms with van der Waals surface area (Å²) in [7, 11) is -2.55. The Bertz CT molecular complexity index is 1270. The van der Waals surface area contributed by atoms with Crippen molar-refractivity contribution in [1.29, 1.82) is 0 Å². The number of nitrogens with zero attached hydrogens (tertiary/aromatic N) is 1. The zero-order valence-corrected chi connectivity index (χ0v) is 17.4. The molecule has 3 N–H and O–H groups in total. The molecule has 1 amide bonds. The maximum Gasteiger partial charge on any atom is 0.265 e. The highest BCUT2D eigenvalue weighted by Crippen LogP contribution is 2.41. The summed E-state index contributed by atoms with van der Waals surface area (Å²) in [6.07, 6.45) is 3.24. The van der Waals surface area contributed by atoms with Crippen LogP contribution in [0.5, 0.6) is 5.75 Å². The van der Waals surface area contributed by atoms with Crippen LogP contribution in [0.4, 0.5) is 11.4 Å². The van der Waals surface area contributed by atoms with E-state index < -0.39 is 10.0 Å². The highest BCUT2D eigenvalue weighted by molar-refractivity contribution is 7.92. The molecule has 9 heteroatoms. The van der Waals surface area contributed by atoms with E-state index in [0.717, 1.165) is 5.57 Å². The van der Waals surface area contributed by atoms with E-state index in [9.17, 15) is 13.2 Å². The van der Waals surface area contributed by atoms with Crippen LogP contribution in [0, 0.1) is 0 Å². The first kappa shape index (κ1) is 19.7. The molecule has 2 heterocycles. The van der Waals surface area contributed by atoms with Crippen molar-refractivity contribution in [2.45, 2.75) is 18.7 Å². The average molecular weight is 424 g/mol. The number of hydrogen-bond acceptors (Lipinski definition) is 5. The minimum absolute atomic E-state index is 0.0165.